The van der Waals surface area contributed by atoms with Crippen LogP contribution < -0.4 is 34.3 Å². The molecule has 2 aliphatic rings. The van der Waals surface area contributed by atoms with E-state index in [2.05, 4.69) is 4.74 Å². The molecule has 0 saturated heterocycles. The Morgan fingerprint density at radius 3 is 2.57 bits per heavy atom. The van der Waals surface area contributed by atoms with Crippen LogP contribution in [0.1, 0.15) is 62.6 Å². The molecular weight excluding hydrogens is 408 g/mol. The molecule has 0 heterocycles. The van der Waals surface area contributed by atoms with Gasteiger partial charge in [0.1, 0.15) is 11.5 Å². The van der Waals surface area contributed by atoms with E-state index in [1.54, 1.807) is 19.9 Å². The second kappa shape index (κ2) is 9.63. The number of carbonyl (C=O) groups excluding carboxylic acids is 1. The first-order valence-electron chi connectivity index (χ1n) is 10.1. The molecule has 1 saturated carbocycles. The molecule has 0 aromatic heterocycles. The maximum atomic E-state index is 13.1. The molecule has 3 rings (SSSR count). The summed E-state index contributed by atoms with van der Waals surface area (Å²) in [6.07, 6.45) is -1.74. The number of ketones is 1. The van der Waals surface area contributed by atoms with Gasteiger partial charge in [-0.3, -0.25) is 4.79 Å². The summed E-state index contributed by atoms with van der Waals surface area (Å²) >= 11 is 0. The molecule has 30 heavy (non-hydrogen) atoms. The standard InChI is InChI=1S/C22H27F3O4.Na/c1-4-14-9-13(3)10-17(29-22(23,24)25)18(14)19-16(26)12-21(20(19)27)8-6-7-15(11-21)28-5-2;/h9-10,15,27H,4-8,11-12H2,1-3H3;/q;+1/t15-,21+;/m0./s1. The topological polar surface area (TPSA) is 55.8 Å². The quantitative estimate of drug-likeness (QED) is 0.723. The largest absolute Gasteiger partial charge is 1.00 e. The number of aliphatic hydroxyl groups excluding tert-OH is 1. The average Bonchev–Trinajstić information content (AvgIpc) is 2.83. The number of rotatable bonds is 5. The zero-order valence-corrected chi connectivity index (χ0v) is 20.0. The van der Waals surface area contributed by atoms with E-state index in [-0.39, 0.29) is 64.8 Å². The smallest absolute Gasteiger partial charge is 0.511 e. The minimum absolute atomic E-state index is 0. The molecule has 0 aliphatic heterocycles. The summed E-state index contributed by atoms with van der Waals surface area (Å²) in [7, 11) is 0. The first-order chi connectivity index (χ1) is 13.6. The van der Waals surface area contributed by atoms with Crippen LogP contribution in [0.4, 0.5) is 13.2 Å². The minimum atomic E-state index is -4.89. The molecule has 2 atom stereocenters. The zero-order chi connectivity index (χ0) is 21.4. The molecule has 8 heteroatoms. The maximum Gasteiger partial charge on any atom is 1.00 e. The molecule has 2 aliphatic carbocycles. The van der Waals surface area contributed by atoms with E-state index in [4.69, 9.17) is 4.74 Å². The van der Waals surface area contributed by atoms with Crippen molar-refractivity contribution in [2.24, 2.45) is 5.41 Å². The monoisotopic (exact) mass is 435 g/mol. The number of aliphatic hydroxyl groups is 1. The average molecular weight is 435 g/mol. The molecule has 0 radical (unpaired) electrons. The van der Waals surface area contributed by atoms with E-state index < -0.39 is 17.5 Å². The Kier molecular flexibility index (Phi) is 8.11. The summed E-state index contributed by atoms with van der Waals surface area (Å²) in [5, 5.41) is 11.2. The number of hydrogen-bond acceptors (Lipinski definition) is 4. The van der Waals surface area contributed by atoms with Gasteiger partial charge in [-0.2, -0.15) is 0 Å². The van der Waals surface area contributed by atoms with Gasteiger partial charge in [-0.25, -0.2) is 0 Å². The number of allylic oxidation sites excluding steroid dienone is 2. The molecule has 160 valence electrons. The fourth-order valence-electron chi connectivity index (χ4n) is 4.79. The van der Waals surface area contributed by atoms with Crippen LogP contribution in [-0.4, -0.2) is 30.0 Å². The predicted molar refractivity (Wildman–Crippen MR) is 103 cm³/mol. The first kappa shape index (κ1) is 25.2. The Labute approximate surface area is 197 Å². The van der Waals surface area contributed by atoms with Crippen LogP contribution in [0, 0.1) is 12.3 Å². The van der Waals surface area contributed by atoms with Crippen molar-refractivity contribution in [2.45, 2.75) is 71.8 Å². The van der Waals surface area contributed by atoms with E-state index in [1.807, 2.05) is 6.92 Å². The van der Waals surface area contributed by atoms with Crippen LogP contribution in [0.25, 0.3) is 5.57 Å². The third-order valence-corrected chi connectivity index (χ3v) is 5.90. The second-order valence-corrected chi connectivity index (χ2v) is 7.98. The summed E-state index contributed by atoms with van der Waals surface area (Å²) in [5.74, 6) is -0.888. The number of benzene rings is 1. The van der Waals surface area contributed by atoms with Crippen molar-refractivity contribution in [2.75, 3.05) is 6.61 Å². The van der Waals surface area contributed by atoms with E-state index in [0.29, 0.717) is 37.0 Å². The summed E-state index contributed by atoms with van der Waals surface area (Å²) in [6.45, 7) is 5.90. The van der Waals surface area contributed by atoms with Crippen LogP contribution in [-0.2, 0) is 16.0 Å². The van der Waals surface area contributed by atoms with Crippen molar-refractivity contribution in [1.29, 1.82) is 0 Å². The van der Waals surface area contributed by atoms with Crippen molar-refractivity contribution in [3.8, 4) is 5.75 Å². The van der Waals surface area contributed by atoms with Crippen LogP contribution in [0.2, 0.25) is 0 Å². The molecule has 1 fully saturated rings. The summed E-state index contributed by atoms with van der Waals surface area (Å²) in [5.41, 5.74) is 0.412. The number of ether oxygens (including phenoxy) is 2. The summed E-state index contributed by atoms with van der Waals surface area (Å²) < 4.78 is 49.2. The van der Waals surface area contributed by atoms with E-state index in [1.165, 1.54) is 6.07 Å². The van der Waals surface area contributed by atoms with E-state index in [0.717, 1.165) is 12.8 Å². The molecule has 1 aromatic rings. The van der Waals surface area contributed by atoms with Gasteiger partial charge in [0, 0.05) is 24.0 Å². The van der Waals surface area contributed by atoms with Gasteiger partial charge in [0.2, 0.25) is 0 Å². The molecular formula is C22H27F3NaO4+. The van der Waals surface area contributed by atoms with Crippen molar-refractivity contribution < 1.29 is 62.1 Å². The fraction of sp³-hybridized carbons (Fsp3) is 0.591. The number of aryl methyl sites for hydroxylation is 2. The van der Waals surface area contributed by atoms with Gasteiger partial charge < -0.3 is 14.6 Å². The van der Waals surface area contributed by atoms with Crippen molar-refractivity contribution in [3.63, 3.8) is 0 Å². The first-order valence-corrected chi connectivity index (χ1v) is 10.1. The molecule has 0 bridgehead atoms. The Morgan fingerprint density at radius 1 is 1.27 bits per heavy atom. The summed E-state index contributed by atoms with van der Waals surface area (Å²) in [4.78, 5) is 13.0. The zero-order valence-electron chi connectivity index (χ0n) is 18.0. The third-order valence-electron chi connectivity index (χ3n) is 5.90. The number of carbonyl (C=O) groups is 1. The Balaban J connectivity index is 0.00000320. The van der Waals surface area contributed by atoms with Gasteiger partial charge in [0.25, 0.3) is 0 Å². The number of alkyl halides is 3. The van der Waals surface area contributed by atoms with Crippen molar-refractivity contribution >= 4 is 11.4 Å². The van der Waals surface area contributed by atoms with Gasteiger partial charge in [0.15, 0.2) is 5.78 Å². The van der Waals surface area contributed by atoms with Crippen molar-refractivity contribution in [1.82, 2.24) is 0 Å². The van der Waals surface area contributed by atoms with Crippen LogP contribution in [0.15, 0.2) is 17.9 Å². The van der Waals surface area contributed by atoms with Gasteiger partial charge in [-0.1, -0.05) is 13.0 Å². The number of halogens is 3. The Bertz CT molecular complexity index is 832. The van der Waals surface area contributed by atoms with E-state index in [9.17, 15) is 23.1 Å². The van der Waals surface area contributed by atoms with Gasteiger partial charge >= 0.3 is 35.9 Å². The SMILES string of the molecule is CCO[C@H]1CCC[C@]2(CC(=O)C(c3c(CC)cc(C)cc3OC(F)(F)F)=C2O)C1.[Na+]. The molecule has 0 unspecified atom stereocenters. The second-order valence-electron chi connectivity index (χ2n) is 7.98. The molecule has 1 N–H and O–H groups in total. The molecule has 1 aromatic carbocycles. The van der Waals surface area contributed by atoms with Gasteiger partial charge in [-0.05, 0) is 63.1 Å². The maximum absolute atomic E-state index is 13.1. The Morgan fingerprint density at radius 2 is 1.97 bits per heavy atom. The number of hydrogen-bond donors (Lipinski definition) is 1. The van der Waals surface area contributed by atoms with Gasteiger partial charge in [-0.15, -0.1) is 13.2 Å². The van der Waals surface area contributed by atoms with E-state index >= 15 is 0 Å². The summed E-state index contributed by atoms with van der Waals surface area (Å²) in [6, 6.07) is 3.01. The van der Waals surface area contributed by atoms with Crippen LogP contribution in [0.3, 0.4) is 0 Å². The van der Waals surface area contributed by atoms with Crippen LogP contribution in [0.5, 0.6) is 5.75 Å². The molecule has 0 amide bonds. The number of Topliss-reactive ketones (excluding diaryl/α,β-unsaturated/α-hetero) is 1. The minimum Gasteiger partial charge on any atom is -0.511 e. The normalized spacial score (nSPS) is 24.3. The molecule has 4 nitrogen and oxygen atoms in total. The fourth-order valence-corrected chi connectivity index (χ4v) is 4.79. The van der Waals surface area contributed by atoms with Crippen LogP contribution >= 0.6 is 0 Å². The van der Waals surface area contributed by atoms with Gasteiger partial charge in [0.05, 0.1) is 11.7 Å². The van der Waals surface area contributed by atoms with Crippen molar-refractivity contribution in [3.05, 3.63) is 34.6 Å². The molecule has 1 spiro atoms. The predicted octanol–water partition coefficient (Wildman–Crippen LogP) is 2.67. The Hall–Kier alpha value is -1.02. The third kappa shape index (κ3) is 5.06.